The molecule has 2 nitrogen and oxygen atoms in total. The van der Waals surface area contributed by atoms with Crippen LogP contribution in [0.15, 0.2) is 0 Å². The summed E-state index contributed by atoms with van der Waals surface area (Å²) in [6, 6.07) is 2.39. The number of fused-ring (bicyclic) bond motifs is 2. The first kappa shape index (κ1) is 9.98. The van der Waals surface area contributed by atoms with Crippen molar-refractivity contribution in [2.75, 3.05) is 13.6 Å². The van der Waals surface area contributed by atoms with Gasteiger partial charge in [0.1, 0.15) is 0 Å². The van der Waals surface area contributed by atoms with E-state index in [-0.39, 0.29) is 6.04 Å². The summed E-state index contributed by atoms with van der Waals surface area (Å²) in [6.45, 7) is 3.13. The van der Waals surface area contributed by atoms with Gasteiger partial charge in [0, 0.05) is 6.54 Å². The second-order valence-corrected chi connectivity index (χ2v) is 5.18. The van der Waals surface area contributed by atoms with Crippen molar-refractivity contribution in [1.29, 1.82) is 5.26 Å². The van der Waals surface area contributed by atoms with Crippen LogP contribution in [0.3, 0.4) is 0 Å². The Balaban J connectivity index is 1.84. The number of nitriles is 1. The highest BCUT2D eigenvalue weighted by molar-refractivity contribution is 4.93. The van der Waals surface area contributed by atoms with Crippen molar-refractivity contribution in [1.82, 2.24) is 4.90 Å². The zero-order chi connectivity index (χ0) is 10.1. The number of hydrogen-bond acceptors (Lipinski definition) is 2. The molecule has 0 heterocycles. The van der Waals surface area contributed by atoms with Gasteiger partial charge in [0.05, 0.1) is 12.1 Å². The summed E-state index contributed by atoms with van der Waals surface area (Å²) < 4.78 is 0. The minimum atomic E-state index is 0.0779. The SMILES string of the molecule is CC(C#N)N(C)CC1CC2CCC1C2. The molecule has 14 heavy (non-hydrogen) atoms. The van der Waals surface area contributed by atoms with Gasteiger partial charge < -0.3 is 0 Å². The maximum atomic E-state index is 8.82. The third kappa shape index (κ3) is 1.79. The first-order valence-corrected chi connectivity index (χ1v) is 5.80. The van der Waals surface area contributed by atoms with E-state index < -0.39 is 0 Å². The Morgan fingerprint density at radius 1 is 1.43 bits per heavy atom. The maximum absolute atomic E-state index is 8.82. The Morgan fingerprint density at radius 3 is 2.71 bits per heavy atom. The van der Waals surface area contributed by atoms with E-state index in [1.807, 2.05) is 6.92 Å². The van der Waals surface area contributed by atoms with Crippen LogP contribution < -0.4 is 0 Å². The molecule has 0 aromatic heterocycles. The highest BCUT2D eigenvalue weighted by atomic mass is 15.1. The molecular weight excluding hydrogens is 172 g/mol. The summed E-state index contributed by atoms with van der Waals surface area (Å²) in [4.78, 5) is 2.21. The predicted molar refractivity (Wildman–Crippen MR) is 56.6 cm³/mol. The molecule has 0 aliphatic heterocycles. The zero-order valence-corrected chi connectivity index (χ0v) is 9.24. The zero-order valence-electron chi connectivity index (χ0n) is 9.24. The molecule has 0 aromatic carbocycles. The highest BCUT2D eigenvalue weighted by Crippen LogP contribution is 2.48. The van der Waals surface area contributed by atoms with Crippen molar-refractivity contribution in [3.8, 4) is 6.07 Å². The molecule has 0 aromatic rings. The van der Waals surface area contributed by atoms with Crippen molar-refractivity contribution in [2.45, 2.75) is 38.6 Å². The molecule has 0 spiro atoms. The van der Waals surface area contributed by atoms with Gasteiger partial charge in [0.25, 0.3) is 0 Å². The minimum absolute atomic E-state index is 0.0779. The van der Waals surface area contributed by atoms with Crippen molar-refractivity contribution in [3.63, 3.8) is 0 Å². The topological polar surface area (TPSA) is 27.0 Å². The van der Waals surface area contributed by atoms with Crippen molar-refractivity contribution < 1.29 is 0 Å². The van der Waals surface area contributed by atoms with E-state index in [0.717, 1.165) is 24.3 Å². The van der Waals surface area contributed by atoms with E-state index in [1.54, 1.807) is 0 Å². The van der Waals surface area contributed by atoms with Crippen LogP contribution in [0, 0.1) is 29.1 Å². The average molecular weight is 192 g/mol. The van der Waals surface area contributed by atoms with E-state index in [1.165, 1.54) is 25.7 Å². The van der Waals surface area contributed by atoms with E-state index in [0.29, 0.717) is 0 Å². The lowest BCUT2D eigenvalue weighted by atomic mass is 9.88. The standard InChI is InChI=1S/C12H20N2/c1-9(7-13)14(2)8-12-6-10-3-4-11(12)5-10/h9-12H,3-6,8H2,1-2H3. The van der Waals surface area contributed by atoms with Gasteiger partial charge in [0.15, 0.2) is 0 Å². The van der Waals surface area contributed by atoms with Gasteiger partial charge in [-0.2, -0.15) is 5.26 Å². The Hall–Kier alpha value is -0.550. The molecular formula is C12H20N2. The summed E-state index contributed by atoms with van der Waals surface area (Å²) in [5.74, 6) is 2.89. The maximum Gasteiger partial charge on any atom is 0.0946 e. The average Bonchev–Trinajstić information content (AvgIpc) is 2.77. The second-order valence-electron chi connectivity index (χ2n) is 5.18. The quantitative estimate of drug-likeness (QED) is 0.686. The lowest BCUT2D eigenvalue weighted by Gasteiger charge is -2.28. The molecule has 2 saturated carbocycles. The van der Waals surface area contributed by atoms with Gasteiger partial charge in [-0.15, -0.1) is 0 Å². The van der Waals surface area contributed by atoms with Crippen molar-refractivity contribution in [2.24, 2.45) is 17.8 Å². The monoisotopic (exact) mass is 192 g/mol. The largest absolute Gasteiger partial charge is 0.291 e. The van der Waals surface area contributed by atoms with Crippen LogP contribution in [-0.4, -0.2) is 24.5 Å². The molecule has 78 valence electrons. The Kier molecular flexibility index (Phi) is 2.78. The Morgan fingerprint density at radius 2 is 2.21 bits per heavy atom. The van der Waals surface area contributed by atoms with Crippen LogP contribution >= 0.6 is 0 Å². The van der Waals surface area contributed by atoms with Crippen LogP contribution in [0.25, 0.3) is 0 Å². The van der Waals surface area contributed by atoms with Gasteiger partial charge in [-0.05, 0) is 51.0 Å². The molecule has 0 saturated heterocycles. The van der Waals surface area contributed by atoms with Crippen molar-refractivity contribution >= 4 is 0 Å². The fourth-order valence-electron chi connectivity index (χ4n) is 3.23. The summed E-state index contributed by atoms with van der Waals surface area (Å²) >= 11 is 0. The van der Waals surface area contributed by atoms with Gasteiger partial charge in [-0.3, -0.25) is 4.90 Å². The lowest BCUT2D eigenvalue weighted by Crippen LogP contribution is -2.34. The fraction of sp³-hybridized carbons (Fsp3) is 0.917. The first-order chi connectivity index (χ1) is 6.70. The molecule has 4 atom stereocenters. The minimum Gasteiger partial charge on any atom is -0.291 e. The van der Waals surface area contributed by atoms with Crippen LogP contribution in [0.4, 0.5) is 0 Å². The molecule has 2 fully saturated rings. The van der Waals surface area contributed by atoms with Crippen LogP contribution in [-0.2, 0) is 0 Å². The van der Waals surface area contributed by atoms with Gasteiger partial charge in [0.2, 0.25) is 0 Å². The molecule has 2 rings (SSSR count). The van der Waals surface area contributed by atoms with E-state index in [2.05, 4.69) is 18.0 Å². The van der Waals surface area contributed by atoms with Gasteiger partial charge >= 0.3 is 0 Å². The third-order valence-corrected chi connectivity index (χ3v) is 4.26. The number of hydrogen-bond donors (Lipinski definition) is 0. The molecule has 2 aliphatic carbocycles. The van der Waals surface area contributed by atoms with Gasteiger partial charge in [-0.25, -0.2) is 0 Å². The normalized spacial score (nSPS) is 37.4. The predicted octanol–water partition coefficient (Wildman–Crippen LogP) is 2.27. The fourth-order valence-corrected chi connectivity index (χ4v) is 3.23. The van der Waals surface area contributed by atoms with Crippen molar-refractivity contribution in [3.05, 3.63) is 0 Å². The first-order valence-electron chi connectivity index (χ1n) is 5.80. The third-order valence-electron chi connectivity index (χ3n) is 4.26. The molecule has 2 bridgehead atoms. The van der Waals surface area contributed by atoms with Crippen LogP contribution in [0.1, 0.15) is 32.6 Å². The molecule has 0 amide bonds. The summed E-state index contributed by atoms with van der Waals surface area (Å²) in [5, 5.41) is 8.82. The number of nitrogens with zero attached hydrogens (tertiary/aromatic N) is 2. The summed E-state index contributed by atoms with van der Waals surface area (Å²) in [6.07, 6.45) is 5.81. The molecule has 0 N–H and O–H groups in total. The summed E-state index contributed by atoms with van der Waals surface area (Å²) in [7, 11) is 2.08. The smallest absolute Gasteiger partial charge is 0.0946 e. The van der Waals surface area contributed by atoms with Crippen LogP contribution in [0.5, 0.6) is 0 Å². The molecule has 2 aliphatic rings. The molecule has 0 radical (unpaired) electrons. The lowest BCUT2D eigenvalue weighted by molar-refractivity contribution is 0.204. The van der Waals surface area contributed by atoms with Crippen LogP contribution in [0.2, 0.25) is 0 Å². The molecule has 4 unspecified atom stereocenters. The van der Waals surface area contributed by atoms with Gasteiger partial charge in [-0.1, -0.05) is 6.42 Å². The number of rotatable bonds is 3. The van der Waals surface area contributed by atoms with E-state index in [4.69, 9.17) is 5.26 Å². The van der Waals surface area contributed by atoms with E-state index in [9.17, 15) is 0 Å². The van der Waals surface area contributed by atoms with E-state index >= 15 is 0 Å². The summed E-state index contributed by atoms with van der Waals surface area (Å²) in [5.41, 5.74) is 0. The Labute approximate surface area is 86.9 Å². The Bertz CT molecular complexity index is 243. The molecule has 2 heteroatoms. The highest BCUT2D eigenvalue weighted by Gasteiger charge is 2.39. The second kappa shape index (κ2) is 3.90.